The second-order valence-corrected chi connectivity index (χ2v) is 10.3. The Labute approximate surface area is 185 Å². The van der Waals surface area contributed by atoms with Gasteiger partial charge >= 0.3 is 11.9 Å². The van der Waals surface area contributed by atoms with Crippen molar-refractivity contribution in [1.82, 2.24) is 0 Å². The van der Waals surface area contributed by atoms with Crippen molar-refractivity contribution in [1.29, 1.82) is 0 Å². The lowest BCUT2D eigenvalue weighted by molar-refractivity contribution is -0.154. The minimum atomic E-state index is -0.341. The van der Waals surface area contributed by atoms with Gasteiger partial charge in [-0.2, -0.15) is 0 Å². The van der Waals surface area contributed by atoms with Crippen molar-refractivity contribution in [3.05, 3.63) is 67.6 Å². The van der Waals surface area contributed by atoms with Crippen molar-refractivity contribution in [2.24, 2.45) is 23.7 Å². The first kappa shape index (κ1) is 18.1. The van der Waals surface area contributed by atoms with Gasteiger partial charge in [-0.25, -0.2) is 0 Å². The van der Waals surface area contributed by atoms with Gasteiger partial charge in [-0.15, -0.1) is 0 Å². The molecule has 6 rings (SSSR count). The van der Waals surface area contributed by atoms with Crippen molar-refractivity contribution in [3.8, 4) is 0 Å². The van der Waals surface area contributed by atoms with Crippen LogP contribution >= 0.6 is 31.9 Å². The molecule has 4 aliphatic rings. The molecule has 2 aromatic rings. The molecule has 0 bridgehead atoms. The molecule has 0 saturated carbocycles. The summed E-state index contributed by atoms with van der Waals surface area (Å²) in [6, 6.07) is 12.9. The monoisotopic (exact) mass is 512 g/mol. The zero-order chi connectivity index (χ0) is 19.9. The maximum atomic E-state index is 12.7. The molecule has 146 valence electrons. The maximum absolute atomic E-state index is 12.7. The standard InChI is InChI=1S/C24H18Br2O3/c25-13-5-1-11-3-7-15-19(17(11)9-13)20-16(22-21(15)23(27)29-24(22)28)8-4-12-2-6-14(26)10-18(12)20/h1-2,5-6,9-10,15-16,21-22H,3-4,7-8H2/t15-,16-,21-,22-/m1/s1. The molecule has 1 fully saturated rings. The van der Waals surface area contributed by atoms with E-state index in [1.54, 1.807) is 0 Å². The quantitative estimate of drug-likeness (QED) is 0.341. The molecular weight excluding hydrogens is 496 g/mol. The Morgan fingerprint density at radius 3 is 1.62 bits per heavy atom. The summed E-state index contributed by atoms with van der Waals surface area (Å²) in [5.41, 5.74) is 7.64. The number of esters is 2. The molecule has 0 radical (unpaired) electrons. The van der Waals surface area contributed by atoms with Crippen LogP contribution in [0, 0.1) is 23.7 Å². The van der Waals surface area contributed by atoms with Crippen molar-refractivity contribution in [2.45, 2.75) is 25.7 Å². The lowest BCUT2D eigenvalue weighted by atomic mass is 9.56. The van der Waals surface area contributed by atoms with Crippen molar-refractivity contribution >= 4 is 54.9 Å². The molecule has 1 aliphatic heterocycles. The van der Waals surface area contributed by atoms with Gasteiger partial charge in [0.25, 0.3) is 0 Å². The normalized spacial score (nSPS) is 29.4. The predicted octanol–water partition coefficient (Wildman–Crippen LogP) is 5.58. The van der Waals surface area contributed by atoms with Crippen molar-refractivity contribution in [3.63, 3.8) is 0 Å². The summed E-state index contributed by atoms with van der Waals surface area (Å²) in [6.07, 6.45) is 3.61. The molecule has 2 aromatic carbocycles. The lowest BCUT2D eigenvalue weighted by Gasteiger charge is -2.45. The van der Waals surface area contributed by atoms with Crippen molar-refractivity contribution < 1.29 is 14.3 Å². The van der Waals surface area contributed by atoms with Gasteiger partial charge in [0.05, 0.1) is 11.8 Å². The summed E-state index contributed by atoms with van der Waals surface area (Å²) >= 11 is 7.28. The Balaban J connectivity index is 1.70. The number of hydrogen-bond acceptors (Lipinski definition) is 3. The van der Waals surface area contributed by atoms with E-state index in [4.69, 9.17) is 4.74 Å². The third kappa shape index (κ3) is 2.53. The molecular formula is C24H18Br2O3. The van der Waals surface area contributed by atoms with Gasteiger partial charge in [-0.05, 0) is 95.2 Å². The van der Waals surface area contributed by atoms with Crippen LogP contribution in [0.5, 0.6) is 0 Å². The second-order valence-electron chi connectivity index (χ2n) is 8.51. The Bertz CT molecular complexity index is 1050. The fourth-order valence-corrected chi connectivity index (χ4v) is 6.83. The van der Waals surface area contributed by atoms with Gasteiger partial charge in [0.1, 0.15) is 0 Å². The largest absolute Gasteiger partial charge is 0.393 e. The molecule has 3 nitrogen and oxygen atoms in total. The van der Waals surface area contributed by atoms with E-state index in [0.29, 0.717) is 0 Å². The Hall–Kier alpha value is -1.72. The van der Waals surface area contributed by atoms with Gasteiger partial charge in [-0.1, -0.05) is 44.0 Å². The van der Waals surface area contributed by atoms with Crippen LogP contribution in [0.1, 0.15) is 35.1 Å². The molecule has 29 heavy (non-hydrogen) atoms. The number of aryl methyl sites for hydroxylation is 2. The SMILES string of the molecule is O=C1OC(=O)[C@H]2[C@H]1[C@@H]1CCc3ccc(Br)cc3C1=C1c3cc(Br)ccc3CC[C@H]12. The summed E-state index contributed by atoms with van der Waals surface area (Å²) < 4.78 is 7.29. The summed E-state index contributed by atoms with van der Waals surface area (Å²) in [6.45, 7) is 0. The minimum Gasteiger partial charge on any atom is -0.393 e. The first-order valence-corrected chi connectivity index (χ1v) is 11.7. The summed E-state index contributed by atoms with van der Waals surface area (Å²) in [7, 11) is 0. The summed E-state index contributed by atoms with van der Waals surface area (Å²) in [4.78, 5) is 25.5. The van der Waals surface area contributed by atoms with Crippen LogP contribution in [0.4, 0.5) is 0 Å². The highest BCUT2D eigenvalue weighted by atomic mass is 79.9. The molecule has 1 heterocycles. The Kier molecular flexibility index (Phi) is 3.98. The smallest absolute Gasteiger partial charge is 0.318 e. The number of benzene rings is 2. The van der Waals surface area contributed by atoms with E-state index in [9.17, 15) is 9.59 Å². The van der Waals surface area contributed by atoms with Gasteiger partial charge in [0, 0.05) is 8.95 Å². The van der Waals surface area contributed by atoms with E-state index in [0.717, 1.165) is 34.6 Å². The fraction of sp³-hybridized carbons (Fsp3) is 0.333. The van der Waals surface area contributed by atoms with E-state index in [2.05, 4.69) is 68.3 Å². The number of carbonyl (C=O) groups excluding carboxylic acids is 2. The van der Waals surface area contributed by atoms with E-state index in [-0.39, 0.29) is 35.6 Å². The van der Waals surface area contributed by atoms with Gasteiger partial charge < -0.3 is 4.74 Å². The first-order chi connectivity index (χ1) is 14.0. The lowest BCUT2D eigenvalue weighted by Crippen LogP contribution is -2.41. The highest BCUT2D eigenvalue weighted by Crippen LogP contribution is 2.59. The third-order valence-electron chi connectivity index (χ3n) is 7.20. The number of hydrogen-bond donors (Lipinski definition) is 0. The highest BCUT2D eigenvalue weighted by Gasteiger charge is 2.58. The van der Waals surface area contributed by atoms with E-state index in [1.807, 2.05) is 0 Å². The summed E-state index contributed by atoms with van der Waals surface area (Å²) in [5, 5.41) is 0. The molecule has 3 aliphatic carbocycles. The average molecular weight is 514 g/mol. The average Bonchev–Trinajstić information content (AvgIpc) is 3.01. The fourth-order valence-electron chi connectivity index (χ4n) is 6.11. The van der Waals surface area contributed by atoms with Crippen LogP contribution in [0.25, 0.3) is 11.1 Å². The van der Waals surface area contributed by atoms with Crippen LogP contribution in [-0.4, -0.2) is 11.9 Å². The van der Waals surface area contributed by atoms with Gasteiger partial charge in [0.2, 0.25) is 0 Å². The highest BCUT2D eigenvalue weighted by molar-refractivity contribution is 9.10. The van der Waals surface area contributed by atoms with Crippen LogP contribution in [-0.2, 0) is 27.2 Å². The van der Waals surface area contributed by atoms with Crippen LogP contribution < -0.4 is 0 Å². The number of halogens is 2. The Morgan fingerprint density at radius 1 is 0.724 bits per heavy atom. The van der Waals surface area contributed by atoms with Crippen molar-refractivity contribution in [2.75, 3.05) is 0 Å². The summed E-state index contributed by atoms with van der Waals surface area (Å²) in [5.74, 6) is -1.24. The van der Waals surface area contributed by atoms with Crippen LogP contribution in [0.3, 0.4) is 0 Å². The first-order valence-electron chi connectivity index (χ1n) is 10.1. The number of carbonyl (C=O) groups is 2. The molecule has 1 saturated heterocycles. The van der Waals surface area contributed by atoms with Crippen LogP contribution in [0.2, 0.25) is 0 Å². The van der Waals surface area contributed by atoms with E-state index in [1.165, 1.54) is 33.4 Å². The number of rotatable bonds is 0. The third-order valence-corrected chi connectivity index (χ3v) is 8.19. The Morgan fingerprint density at radius 2 is 1.17 bits per heavy atom. The number of fused-ring (bicyclic) bond motifs is 9. The molecule has 0 unspecified atom stereocenters. The number of ether oxygens (including phenoxy) is 1. The molecule has 0 aromatic heterocycles. The minimum absolute atomic E-state index is 0.0388. The molecule has 0 amide bonds. The number of cyclic esters (lactones) is 2. The topological polar surface area (TPSA) is 43.4 Å². The number of allylic oxidation sites excluding steroid dienone is 2. The van der Waals surface area contributed by atoms with Crippen LogP contribution in [0.15, 0.2) is 45.3 Å². The molecule has 4 atom stereocenters. The molecule has 0 spiro atoms. The van der Waals surface area contributed by atoms with Gasteiger partial charge in [0.15, 0.2) is 0 Å². The van der Waals surface area contributed by atoms with Gasteiger partial charge in [-0.3, -0.25) is 9.59 Å². The second kappa shape index (κ2) is 6.39. The molecule has 5 heteroatoms. The zero-order valence-corrected chi connectivity index (χ0v) is 18.8. The predicted molar refractivity (Wildman–Crippen MR) is 117 cm³/mol. The molecule has 0 N–H and O–H groups in total. The van der Waals surface area contributed by atoms with E-state index < -0.39 is 0 Å². The van der Waals surface area contributed by atoms with E-state index >= 15 is 0 Å². The maximum Gasteiger partial charge on any atom is 0.318 e. The zero-order valence-electron chi connectivity index (χ0n) is 15.6.